The lowest BCUT2D eigenvalue weighted by Gasteiger charge is -2.56. The van der Waals surface area contributed by atoms with Crippen LogP contribution in [-0.4, -0.2) is 46.8 Å². The van der Waals surface area contributed by atoms with Crippen molar-refractivity contribution in [2.24, 2.45) is 17.3 Å². The van der Waals surface area contributed by atoms with Gasteiger partial charge in [0.15, 0.2) is 5.78 Å². The van der Waals surface area contributed by atoms with Crippen molar-refractivity contribution in [3.63, 3.8) is 0 Å². The molecule has 44 heavy (non-hydrogen) atoms. The Labute approximate surface area is 254 Å². The molecule has 0 spiro atoms. The molecule has 4 aliphatic carbocycles. The Hall–Kier alpha value is -2.59. The third-order valence-corrected chi connectivity index (χ3v) is 10.4. The molecular formula is C34H41F5O5. The van der Waals surface area contributed by atoms with Gasteiger partial charge >= 0.3 is 18.1 Å². The zero-order chi connectivity index (χ0) is 32.5. The lowest BCUT2D eigenvalue weighted by atomic mass is 9.50. The van der Waals surface area contributed by atoms with Crippen molar-refractivity contribution < 1.29 is 46.1 Å². The van der Waals surface area contributed by atoms with E-state index in [1.807, 2.05) is 12.1 Å². The summed E-state index contributed by atoms with van der Waals surface area (Å²) in [6, 6.07) is 7.25. The van der Waals surface area contributed by atoms with Crippen LogP contribution < -0.4 is 0 Å². The molecule has 4 aliphatic rings. The molecule has 2 fully saturated rings. The number of alkyl halides is 5. The Morgan fingerprint density at radius 3 is 2.32 bits per heavy atom. The fourth-order valence-corrected chi connectivity index (χ4v) is 8.37. The summed E-state index contributed by atoms with van der Waals surface area (Å²) in [5, 5.41) is 11.4. The summed E-state index contributed by atoms with van der Waals surface area (Å²) < 4.78 is 82.7. The maximum Gasteiger partial charge on any atom is 0.456 e. The van der Waals surface area contributed by atoms with Crippen molar-refractivity contribution in [3.8, 4) is 0 Å². The number of carbonyl (C=O) groups is 2. The van der Waals surface area contributed by atoms with Crippen LogP contribution in [0.2, 0.25) is 0 Å². The summed E-state index contributed by atoms with van der Waals surface area (Å²) in [7, 11) is 0. The first-order chi connectivity index (χ1) is 20.3. The van der Waals surface area contributed by atoms with Gasteiger partial charge in [-0.3, -0.25) is 4.79 Å². The van der Waals surface area contributed by atoms with Gasteiger partial charge in [-0.25, -0.2) is 4.79 Å². The topological polar surface area (TPSA) is 72.8 Å². The van der Waals surface area contributed by atoms with E-state index < -0.39 is 59.0 Å². The van der Waals surface area contributed by atoms with Crippen LogP contribution in [0.15, 0.2) is 47.1 Å². The van der Waals surface area contributed by atoms with Crippen molar-refractivity contribution in [1.29, 1.82) is 0 Å². The first-order valence-corrected chi connectivity index (χ1v) is 15.4. The highest BCUT2D eigenvalue weighted by atomic mass is 19.4. The van der Waals surface area contributed by atoms with E-state index in [1.54, 1.807) is 45.9 Å². The quantitative estimate of drug-likeness (QED) is 0.257. The van der Waals surface area contributed by atoms with Crippen LogP contribution in [0.5, 0.6) is 0 Å². The van der Waals surface area contributed by atoms with Gasteiger partial charge in [-0.05, 0) is 106 Å². The van der Waals surface area contributed by atoms with E-state index in [-0.39, 0.29) is 31.1 Å². The number of esters is 1. The highest BCUT2D eigenvalue weighted by Gasteiger charge is 2.79. The lowest BCUT2D eigenvalue weighted by molar-refractivity contribution is -0.362. The second kappa shape index (κ2) is 11.0. The first kappa shape index (κ1) is 32.8. The number of halogens is 5. The van der Waals surface area contributed by atoms with Crippen LogP contribution >= 0.6 is 0 Å². The summed E-state index contributed by atoms with van der Waals surface area (Å²) in [4.78, 5) is 24.4. The molecule has 1 N–H and O–H groups in total. The molecule has 2 saturated carbocycles. The number of hydrogen-bond donors (Lipinski definition) is 1. The average molecular weight is 625 g/mol. The molecule has 0 aliphatic heterocycles. The van der Waals surface area contributed by atoms with Gasteiger partial charge in [0.05, 0.1) is 6.10 Å². The number of rotatable bonds is 6. The van der Waals surface area contributed by atoms with E-state index in [1.165, 1.54) is 6.92 Å². The Morgan fingerprint density at radius 2 is 1.70 bits per heavy atom. The summed E-state index contributed by atoms with van der Waals surface area (Å²) in [5.41, 5.74) is -1.16. The van der Waals surface area contributed by atoms with Gasteiger partial charge in [0.25, 0.3) is 0 Å². The SMILES string of the molecule is CC(OCC(=O)OC(C)(C)C)c1ccc([C@H]2C[C@@]3(C)[C@@H](CC[C@@]3(O)C(F)(F)C(F)(F)F)[C@@H]3CCC4=CC(=O)CCC4=C32)cc1. The van der Waals surface area contributed by atoms with E-state index in [4.69, 9.17) is 9.47 Å². The molecule has 242 valence electrons. The molecule has 10 heteroatoms. The molecule has 1 unspecified atom stereocenters. The minimum absolute atomic E-state index is 0.0322. The number of fused-ring (bicyclic) bond motifs is 4. The molecule has 0 bridgehead atoms. The average Bonchev–Trinajstić information content (AvgIpc) is 3.21. The summed E-state index contributed by atoms with van der Waals surface area (Å²) >= 11 is 0. The molecule has 0 aromatic heterocycles. The van der Waals surface area contributed by atoms with Crippen molar-refractivity contribution in [3.05, 3.63) is 58.2 Å². The van der Waals surface area contributed by atoms with Gasteiger partial charge < -0.3 is 14.6 Å². The van der Waals surface area contributed by atoms with Crippen molar-refractivity contribution in [2.45, 2.75) is 115 Å². The Kier molecular flexibility index (Phi) is 8.23. The predicted molar refractivity (Wildman–Crippen MR) is 153 cm³/mol. The zero-order valence-corrected chi connectivity index (χ0v) is 25.8. The third-order valence-electron chi connectivity index (χ3n) is 10.4. The second-order valence-corrected chi connectivity index (χ2v) is 14.2. The van der Waals surface area contributed by atoms with Gasteiger partial charge in [0, 0.05) is 17.8 Å². The van der Waals surface area contributed by atoms with E-state index >= 15 is 8.78 Å². The maximum absolute atomic E-state index is 15.2. The molecule has 0 amide bonds. The standard InChI is InChI=1S/C34H41F5O5/c1-19(43-18-28(41)44-30(2,3)4)20-6-8-21(9-7-20)26-17-31(5)27(14-15-32(31,42)33(35,36)34(37,38)39)25-12-10-22-16-23(40)11-13-24(22)29(25)26/h6-9,16,19,25-27,42H,10-15,17-18H2,1-5H3/t19?,25-,26+,27-,31-,32-/m0/s1. The Bertz CT molecular complexity index is 1370. The largest absolute Gasteiger partial charge is 0.458 e. The van der Waals surface area contributed by atoms with Gasteiger partial charge in [-0.1, -0.05) is 36.8 Å². The minimum Gasteiger partial charge on any atom is -0.458 e. The van der Waals surface area contributed by atoms with Crippen LogP contribution in [0.25, 0.3) is 0 Å². The molecule has 0 heterocycles. The Morgan fingerprint density at radius 1 is 1.05 bits per heavy atom. The first-order valence-electron chi connectivity index (χ1n) is 15.4. The van der Waals surface area contributed by atoms with Crippen LogP contribution in [-0.2, 0) is 19.1 Å². The van der Waals surface area contributed by atoms with Crippen molar-refractivity contribution in [2.75, 3.05) is 6.61 Å². The number of benzene rings is 1. The normalized spacial score (nSPS) is 31.6. The van der Waals surface area contributed by atoms with Gasteiger partial charge in [-0.2, -0.15) is 22.0 Å². The lowest BCUT2D eigenvalue weighted by Crippen LogP contribution is -2.65. The Balaban J connectivity index is 1.51. The molecule has 6 atom stereocenters. The van der Waals surface area contributed by atoms with Crippen LogP contribution in [0.1, 0.15) is 103 Å². The zero-order valence-electron chi connectivity index (χ0n) is 25.8. The second-order valence-electron chi connectivity index (χ2n) is 14.2. The van der Waals surface area contributed by atoms with Crippen molar-refractivity contribution >= 4 is 11.8 Å². The minimum atomic E-state index is -5.89. The fraction of sp³-hybridized carbons (Fsp3) is 0.647. The molecule has 0 radical (unpaired) electrons. The number of aliphatic hydroxyl groups is 1. The molecule has 5 rings (SSSR count). The number of ketones is 1. The highest BCUT2D eigenvalue weighted by Crippen LogP contribution is 2.70. The molecule has 5 nitrogen and oxygen atoms in total. The maximum atomic E-state index is 15.2. The van der Waals surface area contributed by atoms with Crippen LogP contribution in [0.3, 0.4) is 0 Å². The van der Waals surface area contributed by atoms with Crippen LogP contribution in [0.4, 0.5) is 22.0 Å². The number of carbonyl (C=O) groups excluding carboxylic acids is 2. The molecule has 0 saturated heterocycles. The molecule has 1 aromatic carbocycles. The van der Waals surface area contributed by atoms with Gasteiger partial charge in [0.1, 0.15) is 17.8 Å². The number of allylic oxidation sites excluding steroid dienone is 4. The molecule has 1 aromatic rings. The number of hydrogen-bond acceptors (Lipinski definition) is 5. The third kappa shape index (κ3) is 5.44. The van der Waals surface area contributed by atoms with Crippen molar-refractivity contribution in [1.82, 2.24) is 0 Å². The monoisotopic (exact) mass is 624 g/mol. The fourth-order valence-electron chi connectivity index (χ4n) is 8.37. The summed E-state index contributed by atoms with van der Waals surface area (Å²) in [6.07, 6.45) is -3.46. The van der Waals surface area contributed by atoms with Gasteiger partial charge in [0.2, 0.25) is 0 Å². The van der Waals surface area contributed by atoms with Crippen LogP contribution in [0, 0.1) is 17.3 Å². The highest BCUT2D eigenvalue weighted by molar-refractivity contribution is 5.93. The molecular weight excluding hydrogens is 583 g/mol. The predicted octanol–water partition coefficient (Wildman–Crippen LogP) is 7.93. The summed E-state index contributed by atoms with van der Waals surface area (Å²) in [6.45, 7) is 8.22. The van der Waals surface area contributed by atoms with E-state index in [9.17, 15) is 27.9 Å². The summed E-state index contributed by atoms with van der Waals surface area (Å²) in [5.74, 6) is -7.11. The van der Waals surface area contributed by atoms with E-state index in [0.29, 0.717) is 25.7 Å². The smallest absolute Gasteiger partial charge is 0.456 e. The number of ether oxygens (including phenoxy) is 2. The van der Waals surface area contributed by atoms with E-state index in [0.717, 1.165) is 27.8 Å². The van der Waals surface area contributed by atoms with Gasteiger partial charge in [-0.15, -0.1) is 0 Å². The van der Waals surface area contributed by atoms with E-state index in [2.05, 4.69) is 0 Å².